The number of furan rings is 1. The Balaban J connectivity index is 2.11. The van der Waals surface area contributed by atoms with Crippen LogP contribution in [0.25, 0.3) is 22.4 Å². The maximum atomic E-state index is 13.5. The van der Waals surface area contributed by atoms with Gasteiger partial charge >= 0.3 is 0 Å². The lowest BCUT2D eigenvalue weighted by Crippen LogP contribution is -2.37. The molecule has 3 rings (SSSR count). The molecule has 0 fully saturated rings. The van der Waals surface area contributed by atoms with Crippen LogP contribution in [0.15, 0.2) is 46.9 Å². The maximum absolute atomic E-state index is 13.5. The smallest absolute Gasteiger partial charge is 0.254 e. The summed E-state index contributed by atoms with van der Waals surface area (Å²) in [6.07, 6.45) is 0. The van der Waals surface area contributed by atoms with Crippen molar-refractivity contribution in [2.24, 2.45) is 11.8 Å². The minimum atomic E-state index is 0.0560. The molecule has 0 radical (unpaired) electrons. The lowest BCUT2D eigenvalue weighted by Gasteiger charge is -2.27. The molecule has 0 bridgehead atoms. The number of amides is 1. The van der Waals surface area contributed by atoms with Gasteiger partial charge in [0.1, 0.15) is 11.5 Å². The molecule has 0 aliphatic carbocycles. The standard InChI is InChI=1S/C23H28N2O2/c1-15(2)13-25(14-16(3)4)23(26)19-12-21(22-11-10-17(5)27-22)24-20-9-7-6-8-18(19)20/h6-12,15-16H,13-14H2,1-5H3. The number of hydrogen-bond donors (Lipinski definition) is 0. The Morgan fingerprint density at radius 2 is 1.70 bits per heavy atom. The Bertz CT molecular complexity index is 930. The van der Waals surface area contributed by atoms with E-state index in [1.807, 2.05) is 54.3 Å². The summed E-state index contributed by atoms with van der Waals surface area (Å²) < 4.78 is 5.76. The highest BCUT2D eigenvalue weighted by Crippen LogP contribution is 2.27. The molecule has 142 valence electrons. The lowest BCUT2D eigenvalue weighted by atomic mass is 10.0. The second-order valence-corrected chi connectivity index (χ2v) is 7.98. The largest absolute Gasteiger partial charge is 0.460 e. The van der Waals surface area contributed by atoms with Gasteiger partial charge in [-0.25, -0.2) is 4.98 Å². The summed E-state index contributed by atoms with van der Waals surface area (Å²) in [5.41, 5.74) is 2.19. The summed E-state index contributed by atoms with van der Waals surface area (Å²) in [5, 5.41) is 0.882. The number of aromatic nitrogens is 1. The summed E-state index contributed by atoms with van der Waals surface area (Å²) >= 11 is 0. The average molecular weight is 364 g/mol. The van der Waals surface area contributed by atoms with Gasteiger partial charge in [-0.2, -0.15) is 0 Å². The van der Waals surface area contributed by atoms with Crippen molar-refractivity contribution in [3.8, 4) is 11.5 Å². The van der Waals surface area contributed by atoms with E-state index in [1.165, 1.54) is 0 Å². The predicted octanol–water partition coefficient (Wildman–Crippen LogP) is 5.56. The van der Waals surface area contributed by atoms with Crippen molar-refractivity contribution in [3.63, 3.8) is 0 Å². The minimum absolute atomic E-state index is 0.0560. The highest BCUT2D eigenvalue weighted by atomic mass is 16.3. The van der Waals surface area contributed by atoms with Gasteiger partial charge in [-0.3, -0.25) is 4.79 Å². The highest BCUT2D eigenvalue weighted by Gasteiger charge is 2.22. The third kappa shape index (κ3) is 4.38. The van der Waals surface area contributed by atoms with Gasteiger partial charge in [0.2, 0.25) is 0 Å². The number of nitrogens with zero attached hydrogens (tertiary/aromatic N) is 2. The third-order valence-electron chi connectivity index (χ3n) is 4.40. The van der Waals surface area contributed by atoms with Crippen LogP contribution in [0.2, 0.25) is 0 Å². The number of benzene rings is 1. The Hall–Kier alpha value is -2.62. The van der Waals surface area contributed by atoms with Gasteiger partial charge in [-0.05, 0) is 43.0 Å². The van der Waals surface area contributed by atoms with E-state index >= 15 is 0 Å². The molecular weight excluding hydrogens is 336 g/mol. The SMILES string of the molecule is Cc1ccc(-c2cc(C(=O)N(CC(C)C)CC(C)C)c3ccccc3n2)o1. The van der Waals surface area contributed by atoms with Crippen molar-refractivity contribution in [1.29, 1.82) is 0 Å². The second kappa shape index (κ2) is 7.95. The molecule has 4 nitrogen and oxygen atoms in total. The van der Waals surface area contributed by atoms with Crippen molar-refractivity contribution in [1.82, 2.24) is 9.88 Å². The zero-order valence-corrected chi connectivity index (χ0v) is 16.8. The van der Waals surface area contributed by atoms with Crippen LogP contribution in [-0.4, -0.2) is 28.9 Å². The zero-order chi connectivity index (χ0) is 19.6. The van der Waals surface area contributed by atoms with Crippen molar-refractivity contribution in [3.05, 3.63) is 53.8 Å². The highest BCUT2D eigenvalue weighted by molar-refractivity contribution is 6.07. The van der Waals surface area contributed by atoms with Crippen LogP contribution in [-0.2, 0) is 0 Å². The molecule has 2 aromatic heterocycles. The van der Waals surface area contributed by atoms with Crippen molar-refractivity contribution < 1.29 is 9.21 Å². The van der Waals surface area contributed by atoms with E-state index in [9.17, 15) is 4.79 Å². The number of fused-ring (bicyclic) bond motifs is 1. The molecule has 0 aliphatic rings. The summed E-state index contributed by atoms with van der Waals surface area (Å²) in [6, 6.07) is 13.5. The maximum Gasteiger partial charge on any atom is 0.254 e. The Morgan fingerprint density at radius 3 is 2.30 bits per heavy atom. The first-order valence-corrected chi connectivity index (χ1v) is 9.61. The van der Waals surface area contributed by atoms with E-state index < -0.39 is 0 Å². The quantitative estimate of drug-likeness (QED) is 0.575. The van der Waals surface area contributed by atoms with Crippen molar-refractivity contribution in [2.75, 3.05) is 13.1 Å². The average Bonchev–Trinajstić information content (AvgIpc) is 3.05. The van der Waals surface area contributed by atoms with Crippen LogP contribution >= 0.6 is 0 Å². The normalized spacial score (nSPS) is 11.5. The Labute approximate surface area is 161 Å². The van der Waals surface area contributed by atoms with E-state index in [-0.39, 0.29) is 5.91 Å². The van der Waals surface area contributed by atoms with Gasteiger partial charge in [0.05, 0.1) is 11.1 Å². The first kappa shape index (κ1) is 19.2. The van der Waals surface area contributed by atoms with Crippen LogP contribution in [0.3, 0.4) is 0 Å². The molecule has 0 unspecified atom stereocenters. The molecular formula is C23H28N2O2. The van der Waals surface area contributed by atoms with E-state index in [0.29, 0.717) is 28.9 Å². The second-order valence-electron chi connectivity index (χ2n) is 7.98. The van der Waals surface area contributed by atoms with Crippen LogP contribution in [0, 0.1) is 18.8 Å². The number of pyridine rings is 1. The summed E-state index contributed by atoms with van der Waals surface area (Å²) in [7, 11) is 0. The molecule has 0 atom stereocenters. The molecule has 1 amide bonds. The van der Waals surface area contributed by atoms with Gasteiger partial charge in [0, 0.05) is 18.5 Å². The van der Waals surface area contributed by atoms with E-state index in [1.54, 1.807) is 0 Å². The van der Waals surface area contributed by atoms with Gasteiger partial charge in [-0.15, -0.1) is 0 Å². The first-order chi connectivity index (χ1) is 12.8. The Morgan fingerprint density at radius 1 is 1.04 bits per heavy atom. The predicted molar refractivity (Wildman–Crippen MR) is 110 cm³/mol. The third-order valence-corrected chi connectivity index (χ3v) is 4.40. The number of aryl methyl sites for hydroxylation is 1. The molecule has 4 heteroatoms. The van der Waals surface area contributed by atoms with E-state index in [2.05, 4.69) is 27.7 Å². The van der Waals surface area contributed by atoms with Crippen molar-refractivity contribution >= 4 is 16.8 Å². The van der Waals surface area contributed by atoms with E-state index in [4.69, 9.17) is 9.40 Å². The molecule has 2 heterocycles. The van der Waals surface area contributed by atoms with Gasteiger partial charge in [-0.1, -0.05) is 45.9 Å². The molecule has 0 saturated carbocycles. The monoisotopic (exact) mass is 364 g/mol. The zero-order valence-electron chi connectivity index (χ0n) is 16.8. The number of para-hydroxylation sites is 1. The molecule has 0 N–H and O–H groups in total. The fourth-order valence-electron chi connectivity index (χ4n) is 3.34. The molecule has 3 aromatic rings. The summed E-state index contributed by atoms with van der Waals surface area (Å²) in [5.74, 6) is 2.39. The lowest BCUT2D eigenvalue weighted by molar-refractivity contribution is 0.0717. The number of rotatable bonds is 6. The van der Waals surface area contributed by atoms with Gasteiger partial charge in [0.15, 0.2) is 5.76 Å². The fourth-order valence-corrected chi connectivity index (χ4v) is 3.34. The number of carbonyl (C=O) groups excluding carboxylic acids is 1. The van der Waals surface area contributed by atoms with Crippen LogP contribution in [0.5, 0.6) is 0 Å². The molecule has 0 aliphatic heterocycles. The van der Waals surface area contributed by atoms with Crippen molar-refractivity contribution in [2.45, 2.75) is 34.6 Å². The summed E-state index contributed by atoms with van der Waals surface area (Å²) in [6.45, 7) is 11.9. The minimum Gasteiger partial charge on any atom is -0.460 e. The molecule has 0 saturated heterocycles. The summed E-state index contributed by atoms with van der Waals surface area (Å²) in [4.78, 5) is 20.2. The van der Waals surface area contributed by atoms with Gasteiger partial charge < -0.3 is 9.32 Å². The molecule has 0 spiro atoms. The fraction of sp³-hybridized carbons (Fsp3) is 0.391. The van der Waals surface area contributed by atoms with E-state index in [0.717, 1.165) is 29.8 Å². The van der Waals surface area contributed by atoms with Crippen LogP contribution in [0.1, 0.15) is 43.8 Å². The topological polar surface area (TPSA) is 46.3 Å². The van der Waals surface area contributed by atoms with Gasteiger partial charge in [0.25, 0.3) is 5.91 Å². The number of carbonyl (C=O) groups is 1. The van der Waals surface area contributed by atoms with Crippen LogP contribution < -0.4 is 0 Å². The van der Waals surface area contributed by atoms with Crippen LogP contribution in [0.4, 0.5) is 0 Å². The first-order valence-electron chi connectivity index (χ1n) is 9.61. The molecule has 1 aromatic carbocycles. The number of hydrogen-bond acceptors (Lipinski definition) is 3. The Kier molecular flexibility index (Phi) is 5.64. The molecule has 27 heavy (non-hydrogen) atoms.